The Morgan fingerprint density at radius 1 is 1.00 bits per heavy atom. The third kappa shape index (κ3) is 3.76. The molecule has 2 N–H and O–H groups in total. The Morgan fingerprint density at radius 3 is 2.68 bits per heavy atom. The number of nitrogens with zero attached hydrogens (tertiary/aromatic N) is 3. The number of aromatic nitrogens is 4. The molecule has 0 aliphatic rings. The van der Waals surface area contributed by atoms with Crippen LogP contribution in [0.15, 0.2) is 96.4 Å². The van der Waals surface area contributed by atoms with E-state index < -0.39 is 0 Å². The van der Waals surface area contributed by atoms with Crippen molar-refractivity contribution in [2.75, 3.05) is 0 Å². The van der Waals surface area contributed by atoms with Gasteiger partial charge in [0.25, 0.3) is 11.5 Å². The summed E-state index contributed by atoms with van der Waals surface area (Å²) in [6.07, 6.45) is 7.17. The molecule has 0 radical (unpaired) electrons. The topological polar surface area (TPSA) is 84.7 Å². The number of aromatic amines is 1. The van der Waals surface area contributed by atoms with Gasteiger partial charge in [-0.2, -0.15) is 0 Å². The fourth-order valence-electron chi connectivity index (χ4n) is 3.48. The first-order valence-electron chi connectivity index (χ1n) is 9.84. The van der Waals surface area contributed by atoms with Crippen LogP contribution in [0.3, 0.4) is 0 Å². The van der Waals surface area contributed by atoms with Crippen molar-refractivity contribution in [2.24, 2.45) is 0 Å². The first-order valence-corrected chi connectivity index (χ1v) is 9.84. The van der Waals surface area contributed by atoms with E-state index in [9.17, 15) is 9.59 Å². The lowest BCUT2D eigenvalue weighted by Gasteiger charge is -2.07. The molecule has 31 heavy (non-hydrogen) atoms. The highest BCUT2D eigenvalue weighted by molar-refractivity contribution is 5.97. The zero-order chi connectivity index (χ0) is 21.2. The van der Waals surface area contributed by atoms with Gasteiger partial charge in [-0.25, -0.2) is 4.98 Å². The van der Waals surface area contributed by atoms with Crippen LogP contribution in [0.5, 0.6) is 0 Å². The van der Waals surface area contributed by atoms with Crippen LogP contribution in [0, 0.1) is 0 Å². The van der Waals surface area contributed by atoms with E-state index in [-0.39, 0.29) is 11.5 Å². The summed E-state index contributed by atoms with van der Waals surface area (Å²) in [5.41, 5.74) is 3.90. The summed E-state index contributed by atoms with van der Waals surface area (Å²) in [5.74, 6) is -0.149. The summed E-state index contributed by atoms with van der Waals surface area (Å²) in [4.78, 5) is 31.9. The number of pyridine rings is 1. The lowest BCUT2D eigenvalue weighted by Crippen LogP contribution is -2.22. The van der Waals surface area contributed by atoms with E-state index in [0.29, 0.717) is 12.1 Å². The number of imidazole rings is 1. The molecule has 0 spiro atoms. The Balaban J connectivity index is 1.27. The number of carbonyl (C=O) groups is 1. The molecule has 3 aromatic heterocycles. The Hall–Kier alpha value is -4.39. The number of H-pyrrole nitrogens is 1. The van der Waals surface area contributed by atoms with Crippen molar-refractivity contribution in [3.05, 3.63) is 113 Å². The average Bonchev–Trinajstić information content (AvgIpc) is 3.47. The summed E-state index contributed by atoms with van der Waals surface area (Å²) in [6, 6.07) is 20.2. The van der Waals surface area contributed by atoms with Gasteiger partial charge in [0.2, 0.25) is 0 Å². The SMILES string of the molecule is O=C(NCc1cn(-c2ccc(-n3ccccc3=O)cc2)cn1)c1ccc2cc[nH]c2c1. The van der Waals surface area contributed by atoms with Gasteiger partial charge in [0.15, 0.2) is 0 Å². The number of hydrogen-bond acceptors (Lipinski definition) is 3. The van der Waals surface area contributed by atoms with Crippen molar-refractivity contribution >= 4 is 16.8 Å². The van der Waals surface area contributed by atoms with E-state index in [1.807, 2.05) is 71.6 Å². The second kappa shape index (κ2) is 7.79. The number of fused-ring (bicyclic) bond motifs is 1. The van der Waals surface area contributed by atoms with Crippen LogP contribution in [-0.2, 0) is 6.54 Å². The van der Waals surface area contributed by atoms with E-state index >= 15 is 0 Å². The second-order valence-corrected chi connectivity index (χ2v) is 7.16. The van der Waals surface area contributed by atoms with Crippen LogP contribution in [0.1, 0.15) is 16.1 Å². The smallest absolute Gasteiger partial charge is 0.255 e. The number of benzene rings is 2. The maximum absolute atomic E-state index is 12.5. The molecule has 0 atom stereocenters. The molecule has 0 fully saturated rings. The molecular formula is C24H19N5O2. The highest BCUT2D eigenvalue weighted by atomic mass is 16.1. The van der Waals surface area contributed by atoms with Gasteiger partial charge >= 0.3 is 0 Å². The maximum atomic E-state index is 12.5. The number of carbonyl (C=O) groups excluding carboxylic acids is 1. The fourth-order valence-corrected chi connectivity index (χ4v) is 3.48. The molecule has 152 valence electrons. The van der Waals surface area contributed by atoms with Crippen molar-refractivity contribution in [1.29, 1.82) is 0 Å². The van der Waals surface area contributed by atoms with Crippen LogP contribution in [0.4, 0.5) is 0 Å². The average molecular weight is 409 g/mol. The number of amides is 1. The Labute approximate surface area is 177 Å². The molecule has 0 aliphatic heterocycles. The number of rotatable bonds is 5. The van der Waals surface area contributed by atoms with Crippen LogP contribution in [0.2, 0.25) is 0 Å². The number of hydrogen-bond donors (Lipinski definition) is 2. The minimum Gasteiger partial charge on any atom is -0.361 e. The summed E-state index contributed by atoms with van der Waals surface area (Å²) in [5, 5.41) is 3.98. The summed E-state index contributed by atoms with van der Waals surface area (Å²) in [6.45, 7) is 0.325. The molecular weight excluding hydrogens is 390 g/mol. The number of nitrogens with one attached hydrogen (secondary N) is 2. The van der Waals surface area contributed by atoms with Gasteiger partial charge in [0.05, 0.1) is 18.6 Å². The summed E-state index contributed by atoms with van der Waals surface area (Å²) < 4.78 is 3.47. The van der Waals surface area contributed by atoms with Gasteiger partial charge < -0.3 is 14.9 Å². The quantitative estimate of drug-likeness (QED) is 0.466. The van der Waals surface area contributed by atoms with E-state index in [4.69, 9.17) is 0 Å². The van der Waals surface area contributed by atoms with Crippen LogP contribution in [-0.4, -0.2) is 25.0 Å². The molecule has 5 aromatic rings. The molecule has 1 amide bonds. The third-order valence-electron chi connectivity index (χ3n) is 5.13. The predicted molar refractivity (Wildman–Crippen MR) is 119 cm³/mol. The molecule has 0 saturated heterocycles. The molecule has 0 saturated carbocycles. The van der Waals surface area contributed by atoms with Crippen molar-refractivity contribution < 1.29 is 4.79 Å². The summed E-state index contributed by atoms with van der Waals surface area (Å²) in [7, 11) is 0. The van der Waals surface area contributed by atoms with Gasteiger partial charge in [-0.3, -0.25) is 14.2 Å². The van der Waals surface area contributed by atoms with Gasteiger partial charge in [0.1, 0.15) is 0 Å². The maximum Gasteiger partial charge on any atom is 0.255 e. The van der Waals surface area contributed by atoms with Crippen LogP contribution >= 0.6 is 0 Å². The van der Waals surface area contributed by atoms with Crippen molar-refractivity contribution in [2.45, 2.75) is 6.54 Å². The minimum absolute atomic E-state index is 0.0775. The van der Waals surface area contributed by atoms with E-state index in [0.717, 1.165) is 28.0 Å². The van der Waals surface area contributed by atoms with E-state index in [1.165, 1.54) is 6.07 Å². The molecule has 7 nitrogen and oxygen atoms in total. The highest BCUT2D eigenvalue weighted by Gasteiger charge is 2.08. The molecule has 7 heteroatoms. The Morgan fingerprint density at radius 2 is 1.84 bits per heavy atom. The predicted octanol–water partition coefficient (Wildman–Crippen LogP) is 3.43. The third-order valence-corrected chi connectivity index (χ3v) is 5.13. The first kappa shape index (κ1) is 18.6. The zero-order valence-electron chi connectivity index (χ0n) is 16.5. The molecule has 0 unspecified atom stereocenters. The Bertz CT molecular complexity index is 1430. The van der Waals surface area contributed by atoms with E-state index in [2.05, 4.69) is 15.3 Å². The molecule has 5 rings (SSSR count). The van der Waals surface area contributed by atoms with Gasteiger partial charge in [-0.05, 0) is 53.9 Å². The van der Waals surface area contributed by atoms with Crippen LogP contribution in [0.25, 0.3) is 22.3 Å². The first-order chi connectivity index (χ1) is 15.2. The van der Waals surface area contributed by atoms with Crippen molar-refractivity contribution in [3.63, 3.8) is 0 Å². The van der Waals surface area contributed by atoms with Crippen molar-refractivity contribution in [3.8, 4) is 11.4 Å². The lowest BCUT2D eigenvalue weighted by atomic mass is 10.1. The largest absolute Gasteiger partial charge is 0.361 e. The summed E-state index contributed by atoms with van der Waals surface area (Å²) >= 11 is 0. The monoisotopic (exact) mass is 409 g/mol. The normalized spacial score (nSPS) is 11.0. The fraction of sp³-hybridized carbons (Fsp3) is 0.0417. The highest BCUT2D eigenvalue weighted by Crippen LogP contribution is 2.15. The van der Waals surface area contributed by atoms with Crippen molar-refractivity contribution in [1.82, 2.24) is 24.4 Å². The molecule has 0 aliphatic carbocycles. The van der Waals surface area contributed by atoms with Gasteiger partial charge in [-0.15, -0.1) is 0 Å². The minimum atomic E-state index is -0.149. The standard InChI is InChI=1S/C24H19N5O2/c30-23-3-1-2-12-29(23)21-8-6-20(7-9-21)28-15-19(27-16-28)14-26-24(31)18-5-4-17-10-11-25-22(17)13-18/h1-13,15-16,25H,14H2,(H,26,31). The molecule has 2 aromatic carbocycles. The second-order valence-electron chi connectivity index (χ2n) is 7.16. The van der Waals surface area contributed by atoms with Gasteiger partial charge in [0, 0.05) is 47.1 Å². The van der Waals surface area contributed by atoms with Crippen LogP contribution < -0.4 is 10.9 Å². The molecule has 0 bridgehead atoms. The van der Waals surface area contributed by atoms with Gasteiger partial charge in [-0.1, -0.05) is 12.1 Å². The lowest BCUT2D eigenvalue weighted by molar-refractivity contribution is 0.0950. The Kier molecular flexibility index (Phi) is 4.68. The van der Waals surface area contributed by atoms with E-state index in [1.54, 1.807) is 23.2 Å². The molecule has 3 heterocycles. The zero-order valence-corrected chi connectivity index (χ0v) is 16.5.